The van der Waals surface area contributed by atoms with Gasteiger partial charge in [0.15, 0.2) is 0 Å². The maximum atomic E-state index is 12.9. The van der Waals surface area contributed by atoms with Crippen LogP contribution in [0.5, 0.6) is 0 Å². The van der Waals surface area contributed by atoms with Gasteiger partial charge in [-0.15, -0.1) is 0 Å². The van der Waals surface area contributed by atoms with Crippen LogP contribution >= 0.6 is 0 Å². The fraction of sp³-hybridized carbons (Fsp3) is 0.438. The first-order chi connectivity index (χ1) is 11.4. The lowest BCUT2D eigenvalue weighted by Crippen LogP contribution is -2.50. The van der Waals surface area contributed by atoms with Crippen molar-refractivity contribution in [2.24, 2.45) is 5.92 Å². The standard InChI is InChI=1S/C16H22FN3O4/c1-3-9-20(16(23)12(4-2)10-19(24)11-21)18-15(22)13-5-7-14(17)8-6-13/h5-8,11-12,24H,3-4,9-10H2,1-2H3,(H,18,22). The van der Waals surface area contributed by atoms with Crippen molar-refractivity contribution in [3.8, 4) is 0 Å². The van der Waals surface area contributed by atoms with E-state index in [-0.39, 0.29) is 25.1 Å². The number of hydroxylamine groups is 2. The van der Waals surface area contributed by atoms with E-state index >= 15 is 0 Å². The number of nitrogens with one attached hydrogen (secondary N) is 1. The molecule has 1 aromatic carbocycles. The first-order valence-corrected chi connectivity index (χ1v) is 7.71. The highest BCUT2D eigenvalue weighted by Crippen LogP contribution is 2.10. The minimum absolute atomic E-state index is 0.161. The number of carbonyl (C=O) groups is 3. The molecule has 132 valence electrons. The molecule has 0 aliphatic heterocycles. The van der Waals surface area contributed by atoms with Gasteiger partial charge in [-0.1, -0.05) is 13.8 Å². The van der Waals surface area contributed by atoms with E-state index in [4.69, 9.17) is 0 Å². The van der Waals surface area contributed by atoms with E-state index in [0.717, 1.165) is 12.1 Å². The van der Waals surface area contributed by atoms with Crippen LogP contribution in [-0.4, -0.2) is 46.6 Å². The number of benzene rings is 1. The third-order valence-electron chi connectivity index (χ3n) is 3.43. The van der Waals surface area contributed by atoms with Crippen LogP contribution in [0.4, 0.5) is 4.39 Å². The molecule has 1 unspecified atom stereocenters. The second-order valence-corrected chi connectivity index (χ2v) is 5.27. The van der Waals surface area contributed by atoms with E-state index in [1.807, 2.05) is 6.92 Å². The van der Waals surface area contributed by atoms with Crippen molar-refractivity contribution >= 4 is 18.2 Å². The Morgan fingerprint density at radius 1 is 1.29 bits per heavy atom. The number of hydrazine groups is 1. The molecule has 0 aliphatic carbocycles. The van der Waals surface area contributed by atoms with Crippen LogP contribution in [0.25, 0.3) is 0 Å². The quantitative estimate of drug-likeness (QED) is 0.427. The normalized spacial score (nSPS) is 11.5. The number of carbonyl (C=O) groups excluding carboxylic acids is 3. The SMILES string of the molecule is CCCN(NC(=O)c1ccc(F)cc1)C(=O)C(CC)CN(O)C=O. The predicted octanol–water partition coefficient (Wildman–Crippen LogP) is 1.58. The molecule has 2 N–H and O–H groups in total. The Hall–Kier alpha value is -2.48. The second kappa shape index (κ2) is 9.61. The molecule has 0 heterocycles. The van der Waals surface area contributed by atoms with Gasteiger partial charge in [-0.2, -0.15) is 0 Å². The number of halogens is 1. The summed E-state index contributed by atoms with van der Waals surface area (Å²) in [5.74, 6) is -2.06. The Balaban J connectivity index is 2.83. The Bertz CT molecular complexity index is 565. The van der Waals surface area contributed by atoms with Gasteiger partial charge in [0.2, 0.25) is 12.3 Å². The molecule has 1 atom stereocenters. The lowest BCUT2D eigenvalue weighted by molar-refractivity contribution is -0.157. The third-order valence-corrected chi connectivity index (χ3v) is 3.43. The van der Waals surface area contributed by atoms with Crippen LogP contribution in [0.1, 0.15) is 37.0 Å². The van der Waals surface area contributed by atoms with Gasteiger partial charge in [0.1, 0.15) is 5.82 Å². The van der Waals surface area contributed by atoms with Gasteiger partial charge in [-0.3, -0.25) is 30.0 Å². The third kappa shape index (κ3) is 5.62. The molecule has 1 aromatic rings. The lowest BCUT2D eigenvalue weighted by Gasteiger charge is -2.27. The predicted molar refractivity (Wildman–Crippen MR) is 84.2 cm³/mol. The average Bonchev–Trinajstić information content (AvgIpc) is 2.58. The van der Waals surface area contributed by atoms with Crippen molar-refractivity contribution in [1.29, 1.82) is 0 Å². The summed E-state index contributed by atoms with van der Waals surface area (Å²) in [6.45, 7) is 3.70. The zero-order valence-electron chi connectivity index (χ0n) is 13.7. The average molecular weight is 339 g/mol. The second-order valence-electron chi connectivity index (χ2n) is 5.27. The van der Waals surface area contributed by atoms with Crippen LogP contribution in [0.3, 0.4) is 0 Å². The Kier molecular flexibility index (Phi) is 7.84. The summed E-state index contributed by atoms with van der Waals surface area (Å²) in [4.78, 5) is 35.2. The van der Waals surface area contributed by atoms with Gasteiger partial charge in [0, 0.05) is 12.1 Å². The van der Waals surface area contributed by atoms with Crippen molar-refractivity contribution in [3.63, 3.8) is 0 Å². The van der Waals surface area contributed by atoms with E-state index < -0.39 is 23.5 Å². The summed E-state index contributed by atoms with van der Waals surface area (Å²) >= 11 is 0. The fourth-order valence-electron chi connectivity index (χ4n) is 2.10. The Morgan fingerprint density at radius 3 is 2.42 bits per heavy atom. The molecule has 0 aliphatic rings. The molecule has 1 rings (SSSR count). The minimum Gasteiger partial charge on any atom is -0.286 e. The molecular weight excluding hydrogens is 317 g/mol. The van der Waals surface area contributed by atoms with Gasteiger partial charge in [-0.25, -0.2) is 9.45 Å². The van der Waals surface area contributed by atoms with Crippen LogP contribution in [0, 0.1) is 11.7 Å². The monoisotopic (exact) mass is 339 g/mol. The van der Waals surface area contributed by atoms with E-state index in [1.54, 1.807) is 6.92 Å². The molecule has 0 bridgehead atoms. The number of hydrogen-bond acceptors (Lipinski definition) is 4. The highest BCUT2D eigenvalue weighted by Gasteiger charge is 2.25. The topological polar surface area (TPSA) is 90.0 Å². The molecule has 0 aromatic heterocycles. The van der Waals surface area contributed by atoms with Crippen LogP contribution < -0.4 is 5.43 Å². The molecule has 0 spiro atoms. The smallest absolute Gasteiger partial charge is 0.269 e. The summed E-state index contributed by atoms with van der Waals surface area (Å²) in [5.41, 5.74) is 2.71. The van der Waals surface area contributed by atoms with Gasteiger partial charge in [0.25, 0.3) is 5.91 Å². The molecule has 0 radical (unpaired) electrons. The molecular formula is C16H22FN3O4. The zero-order chi connectivity index (χ0) is 18.1. The summed E-state index contributed by atoms with van der Waals surface area (Å²) in [5, 5.41) is 10.8. The molecule has 3 amide bonds. The maximum Gasteiger partial charge on any atom is 0.269 e. The minimum atomic E-state index is -0.653. The first kappa shape index (κ1) is 19.6. The molecule has 0 saturated carbocycles. The van der Waals surface area contributed by atoms with Gasteiger partial charge in [-0.05, 0) is 37.1 Å². The summed E-state index contributed by atoms with van der Waals surface area (Å²) in [7, 11) is 0. The van der Waals surface area contributed by atoms with Gasteiger partial charge < -0.3 is 0 Å². The van der Waals surface area contributed by atoms with Crippen molar-refractivity contribution in [2.75, 3.05) is 13.1 Å². The first-order valence-electron chi connectivity index (χ1n) is 7.71. The molecule has 24 heavy (non-hydrogen) atoms. The van der Waals surface area contributed by atoms with Crippen molar-refractivity contribution in [2.45, 2.75) is 26.7 Å². The zero-order valence-corrected chi connectivity index (χ0v) is 13.7. The van der Waals surface area contributed by atoms with Crippen LogP contribution in [0.2, 0.25) is 0 Å². The summed E-state index contributed by atoms with van der Waals surface area (Å²) in [6.07, 6.45) is 1.20. The molecule has 8 heteroatoms. The van der Waals surface area contributed by atoms with Gasteiger partial charge in [0.05, 0.1) is 12.5 Å². The summed E-state index contributed by atoms with van der Waals surface area (Å²) < 4.78 is 12.9. The number of nitrogens with zero attached hydrogens (tertiary/aromatic N) is 2. The highest BCUT2D eigenvalue weighted by molar-refractivity contribution is 5.95. The maximum absolute atomic E-state index is 12.9. The van der Waals surface area contributed by atoms with E-state index in [0.29, 0.717) is 17.9 Å². The molecule has 0 saturated heterocycles. The van der Waals surface area contributed by atoms with E-state index in [1.165, 1.54) is 17.1 Å². The highest BCUT2D eigenvalue weighted by atomic mass is 19.1. The molecule has 7 nitrogen and oxygen atoms in total. The molecule has 0 fully saturated rings. The van der Waals surface area contributed by atoms with Crippen molar-refractivity contribution in [3.05, 3.63) is 35.6 Å². The van der Waals surface area contributed by atoms with E-state index in [9.17, 15) is 24.0 Å². The van der Waals surface area contributed by atoms with E-state index in [2.05, 4.69) is 5.43 Å². The van der Waals surface area contributed by atoms with Gasteiger partial charge >= 0.3 is 0 Å². The largest absolute Gasteiger partial charge is 0.286 e. The number of amides is 3. The van der Waals surface area contributed by atoms with Crippen molar-refractivity contribution < 1.29 is 24.0 Å². The summed E-state index contributed by atoms with van der Waals surface area (Å²) in [6, 6.07) is 4.95. The fourth-order valence-corrected chi connectivity index (χ4v) is 2.10. The van der Waals surface area contributed by atoms with Crippen molar-refractivity contribution in [1.82, 2.24) is 15.5 Å². The van der Waals surface area contributed by atoms with Crippen LogP contribution in [-0.2, 0) is 9.59 Å². The number of hydrogen-bond donors (Lipinski definition) is 2. The number of rotatable bonds is 8. The van der Waals surface area contributed by atoms with Crippen LogP contribution in [0.15, 0.2) is 24.3 Å². The lowest BCUT2D eigenvalue weighted by atomic mass is 10.1. The Labute approximate surface area is 140 Å². The Morgan fingerprint density at radius 2 is 1.92 bits per heavy atom.